The molecule has 0 aliphatic rings. The second-order valence-electron chi connectivity index (χ2n) is 9.80. The molecule has 4 nitrogen and oxygen atoms in total. The summed E-state index contributed by atoms with van der Waals surface area (Å²) in [7, 11) is -4.12. The van der Waals surface area contributed by atoms with E-state index >= 15 is 0 Å². The molecule has 2 N–H and O–H groups in total. The van der Waals surface area contributed by atoms with Gasteiger partial charge in [0.25, 0.3) is 16.6 Å². The number of hydrogen-bond donors (Lipinski definition) is 2. The lowest BCUT2D eigenvalue weighted by Gasteiger charge is -2.39. The van der Waals surface area contributed by atoms with Crippen molar-refractivity contribution in [2.24, 2.45) is 0 Å². The highest BCUT2D eigenvalue weighted by molar-refractivity contribution is 6.75. The van der Waals surface area contributed by atoms with Crippen LogP contribution in [-0.2, 0) is 0 Å². The van der Waals surface area contributed by atoms with Crippen LogP contribution in [-0.4, -0.2) is 26.8 Å². The van der Waals surface area contributed by atoms with E-state index in [1.807, 2.05) is 0 Å². The maximum Gasteiger partial charge on any atom is 0.250 e. The highest BCUT2D eigenvalue weighted by Crippen LogP contribution is 2.44. The lowest BCUT2D eigenvalue weighted by molar-refractivity contribution is -0.0425. The molecule has 144 valence electrons. The first-order chi connectivity index (χ1) is 11.0. The second kappa shape index (κ2) is 7.06. The van der Waals surface area contributed by atoms with Gasteiger partial charge in [-0.3, -0.25) is 0 Å². The largest absolute Gasteiger partial charge is 0.541 e. The molecule has 0 aromatic heterocycles. The molecule has 6 heteroatoms. The Kier molecular flexibility index (Phi) is 6.27. The third-order valence-electron chi connectivity index (χ3n) is 5.61. The fourth-order valence-corrected chi connectivity index (χ4v) is 3.75. The molecule has 1 rings (SSSR count). The van der Waals surface area contributed by atoms with Crippen molar-refractivity contribution < 1.29 is 19.1 Å². The van der Waals surface area contributed by atoms with Crippen molar-refractivity contribution in [2.45, 2.75) is 84.1 Å². The molecule has 0 aliphatic carbocycles. The van der Waals surface area contributed by atoms with Gasteiger partial charge in [0.2, 0.25) is 0 Å². The minimum absolute atomic E-state index is 0.0368. The van der Waals surface area contributed by atoms with E-state index in [1.165, 1.54) is 0 Å². The molecule has 0 aliphatic heterocycles. The van der Waals surface area contributed by atoms with Crippen LogP contribution in [0.5, 0.6) is 11.5 Å². The van der Waals surface area contributed by atoms with Crippen LogP contribution < -0.4 is 8.85 Å². The van der Waals surface area contributed by atoms with Crippen molar-refractivity contribution in [1.82, 2.24) is 0 Å². The van der Waals surface area contributed by atoms with Crippen molar-refractivity contribution in [1.29, 1.82) is 0 Å². The van der Waals surface area contributed by atoms with E-state index in [4.69, 9.17) is 8.85 Å². The molecule has 25 heavy (non-hydrogen) atoms. The maximum atomic E-state index is 9.54. The van der Waals surface area contributed by atoms with Crippen molar-refractivity contribution in [3.63, 3.8) is 0 Å². The monoisotopic (exact) mass is 384 g/mol. The topological polar surface area (TPSA) is 58.9 Å². The molecule has 0 radical (unpaired) electrons. The number of hydrogen-bond acceptors (Lipinski definition) is 4. The van der Waals surface area contributed by atoms with Gasteiger partial charge in [0.15, 0.2) is 6.29 Å². The van der Waals surface area contributed by atoms with Gasteiger partial charge in [-0.25, -0.2) is 0 Å². The molecular formula is C19H36O4Si2. The van der Waals surface area contributed by atoms with Gasteiger partial charge in [-0.1, -0.05) is 47.6 Å². The van der Waals surface area contributed by atoms with Gasteiger partial charge < -0.3 is 19.1 Å². The van der Waals surface area contributed by atoms with E-state index in [1.54, 1.807) is 18.2 Å². The molecule has 0 amide bonds. The Hall–Kier alpha value is -0.826. The Balaban J connectivity index is 3.35. The van der Waals surface area contributed by atoms with Gasteiger partial charge in [-0.2, -0.15) is 0 Å². The van der Waals surface area contributed by atoms with Crippen LogP contribution in [0.2, 0.25) is 36.3 Å². The van der Waals surface area contributed by atoms with E-state index in [0.717, 1.165) is 0 Å². The molecule has 1 aromatic rings. The molecule has 0 atom stereocenters. The third kappa shape index (κ3) is 5.32. The van der Waals surface area contributed by atoms with Gasteiger partial charge >= 0.3 is 0 Å². The van der Waals surface area contributed by atoms with Crippen molar-refractivity contribution in [2.75, 3.05) is 0 Å². The summed E-state index contributed by atoms with van der Waals surface area (Å²) in [5.74, 6) is 1.31. The molecular weight excluding hydrogens is 348 g/mol. The minimum Gasteiger partial charge on any atom is -0.541 e. The van der Waals surface area contributed by atoms with Gasteiger partial charge in [0.1, 0.15) is 11.5 Å². The van der Waals surface area contributed by atoms with Gasteiger partial charge in [-0.15, -0.1) is 0 Å². The summed E-state index contributed by atoms with van der Waals surface area (Å²) in [6.07, 6.45) is -1.52. The SMILES string of the molecule is CC(C)(C)[Si](C)(C)Oc1ccc(C(O)O)cc1O[Si](C)(C)C(C)(C)C. The minimum atomic E-state index is -2.08. The first kappa shape index (κ1) is 22.2. The molecule has 0 saturated carbocycles. The van der Waals surface area contributed by atoms with Crippen LogP contribution in [0.3, 0.4) is 0 Å². The second-order valence-corrected chi connectivity index (χ2v) is 19.3. The predicted molar refractivity (Wildman–Crippen MR) is 109 cm³/mol. The Bertz CT molecular complexity index is 596. The summed E-state index contributed by atoms with van der Waals surface area (Å²) in [4.78, 5) is 0. The number of benzene rings is 1. The highest BCUT2D eigenvalue weighted by atomic mass is 28.4. The molecule has 0 bridgehead atoms. The average Bonchev–Trinajstić information content (AvgIpc) is 2.37. The summed E-state index contributed by atoms with van der Waals surface area (Å²) in [6.45, 7) is 21.8. The van der Waals surface area contributed by atoms with Crippen molar-refractivity contribution in [3.8, 4) is 11.5 Å². The summed E-state index contributed by atoms with van der Waals surface area (Å²) in [6, 6.07) is 5.19. The molecule has 1 aromatic carbocycles. The Morgan fingerprint density at radius 2 is 1.16 bits per heavy atom. The molecule has 0 spiro atoms. The predicted octanol–water partition coefficient (Wildman–Crippen LogP) is 5.44. The summed E-state index contributed by atoms with van der Waals surface area (Å²) in [5.41, 5.74) is 0.413. The summed E-state index contributed by atoms with van der Waals surface area (Å²) < 4.78 is 12.9. The smallest absolute Gasteiger partial charge is 0.250 e. The quantitative estimate of drug-likeness (QED) is 0.524. The Morgan fingerprint density at radius 1 is 0.760 bits per heavy atom. The number of aliphatic hydroxyl groups is 2. The molecule has 0 saturated heterocycles. The first-order valence-electron chi connectivity index (χ1n) is 8.86. The molecule has 0 unspecified atom stereocenters. The van der Waals surface area contributed by atoms with Gasteiger partial charge in [-0.05, 0) is 48.4 Å². The summed E-state index contributed by atoms with van der Waals surface area (Å²) >= 11 is 0. The van der Waals surface area contributed by atoms with Crippen LogP contribution in [0, 0.1) is 0 Å². The van der Waals surface area contributed by atoms with Crippen LogP contribution >= 0.6 is 0 Å². The maximum absolute atomic E-state index is 9.54. The van der Waals surface area contributed by atoms with Crippen LogP contribution in [0.4, 0.5) is 0 Å². The Morgan fingerprint density at radius 3 is 1.52 bits per heavy atom. The van der Waals surface area contributed by atoms with Gasteiger partial charge in [0, 0.05) is 5.56 Å². The van der Waals surface area contributed by atoms with E-state index in [-0.39, 0.29) is 10.1 Å². The van der Waals surface area contributed by atoms with Crippen molar-refractivity contribution >= 4 is 16.6 Å². The fourth-order valence-electron chi connectivity index (χ4n) is 1.71. The van der Waals surface area contributed by atoms with E-state index in [9.17, 15) is 10.2 Å². The lowest BCUT2D eigenvalue weighted by Crippen LogP contribution is -2.45. The Labute approximate surface area is 155 Å². The first-order valence-corrected chi connectivity index (χ1v) is 14.7. The lowest BCUT2D eigenvalue weighted by atomic mass is 10.2. The zero-order valence-corrected chi connectivity index (χ0v) is 19.5. The summed E-state index contributed by atoms with van der Waals surface area (Å²) in [5, 5.41) is 19.2. The standard InChI is InChI=1S/C19H36O4Si2/c1-18(2,3)24(7,8)22-15-12-11-14(17(20)21)13-16(15)23-25(9,10)19(4,5)6/h11-13,17,20-21H,1-10H3. The zero-order chi connectivity index (χ0) is 19.8. The van der Waals surface area contributed by atoms with E-state index in [0.29, 0.717) is 17.1 Å². The zero-order valence-electron chi connectivity index (χ0n) is 17.5. The van der Waals surface area contributed by atoms with Gasteiger partial charge in [0.05, 0.1) is 0 Å². The fraction of sp³-hybridized carbons (Fsp3) is 0.684. The molecule has 0 heterocycles. The number of rotatable bonds is 5. The van der Waals surface area contributed by atoms with E-state index < -0.39 is 22.9 Å². The van der Waals surface area contributed by atoms with Crippen LogP contribution in [0.25, 0.3) is 0 Å². The number of aliphatic hydroxyl groups excluding tert-OH is 1. The van der Waals surface area contributed by atoms with Crippen molar-refractivity contribution in [3.05, 3.63) is 23.8 Å². The molecule has 0 fully saturated rings. The van der Waals surface area contributed by atoms with Crippen LogP contribution in [0.1, 0.15) is 53.4 Å². The normalized spacial score (nSPS) is 14.0. The van der Waals surface area contributed by atoms with Crippen LogP contribution in [0.15, 0.2) is 18.2 Å². The third-order valence-corrected chi connectivity index (χ3v) is 14.3. The van der Waals surface area contributed by atoms with E-state index in [2.05, 4.69) is 67.7 Å². The average molecular weight is 385 g/mol. The highest BCUT2D eigenvalue weighted by Gasteiger charge is 2.42.